The summed E-state index contributed by atoms with van der Waals surface area (Å²) in [7, 11) is 0. The molecule has 0 aromatic heterocycles. The molecule has 1 N–H and O–H groups in total. The van der Waals surface area contributed by atoms with E-state index in [4.69, 9.17) is 4.74 Å². The molecule has 2 rings (SSSR count). The molecule has 2 aliphatic heterocycles. The highest BCUT2D eigenvalue weighted by Crippen LogP contribution is 2.35. The van der Waals surface area contributed by atoms with Crippen LogP contribution in [0.15, 0.2) is 0 Å². The molecule has 1 amide bonds. The monoisotopic (exact) mass is 254 g/mol. The highest BCUT2D eigenvalue weighted by molar-refractivity contribution is 5.68. The molecular weight excluding hydrogens is 228 g/mol. The quantitative estimate of drug-likeness (QED) is 0.721. The van der Waals surface area contributed by atoms with Gasteiger partial charge in [0.15, 0.2) is 0 Å². The van der Waals surface area contributed by atoms with Gasteiger partial charge >= 0.3 is 6.09 Å². The van der Waals surface area contributed by atoms with Gasteiger partial charge in [0, 0.05) is 18.6 Å². The Morgan fingerprint density at radius 2 is 1.94 bits per heavy atom. The molecule has 2 saturated heterocycles. The van der Waals surface area contributed by atoms with Crippen LogP contribution < -0.4 is 5.32 Å². The Kier molecular flexibility index (Phi) is 3.58. The van der Waals surface area contributed by atoms with E-state index in [0.29, 0.717) is 0 Å². The molecule has 2 aliphatic rings. The minimum Gasteiger partial charge on any atom is -0.444 e. The van der Waals surface area contributed by atoms with Crippen LogP contribution in [0, 0.1) is 5.92 Å². The summed E-state index contributed by atoms with van der Waals surface area (Å²) in [5.41, 5.74) is -0.121. The van der Waals surface area contributed by atoms with Crippen LogP contribution in [0.25, 0.3) is 0 Å². The normalized spacial score (nSPS) is 27.6. The van der Waals surface area contributed by atoms with Crippen molar-refractivity contribution >= 4 is 6.09 Å². The predicted octanol–water partition coefficient (Wildman–Crippen LogP) is 2.39. The molecule has 104 valence electrons. The van der Waals surface area contributed by atoms with E-state index in [1.165, 1.54) is 6.42 Å². The summed E-state index contributed by atoms with van der Waals surface area (Å²) >= 11 is 0. The predicted molar refractivity (Wildman–Crippen MR) is 71.6 cm³/mol. The number of carbonyl (C=O) groups is 1. The molecule has 0 saturated carbocycles. The van der Waals surface area contributed by atoms with E-state index >= 15 is 0 Å². The number of nitrogens with zero attached hydrogens (tertiary/aromatic N) is 1. The van der Waals surface area contributed by atoms with E-state index in [0.717, 1.165) is 38.4 Å². The van der Waals surface area contributed by atoms with Crippen molar-refractivity contribution in [3.63, 3.8) is 0 Å². The van der Waals surface area contributed by atoms with Gasteiger partial charge in [-0.3, -0.25) is 0 Å². The maximum absolute atomic E-state index is 12.0. The standard InChI is InChI=1S/C14H26N2O2/c1-11-5-8-15-14(11)6-9-16(10-7-14)12(17)18-13(2,3)4/h11,15H,5-10H2,1-4H3. The summed E-state index contributed by atoms with van der Waals surface area (Å²) in [6, 6.07) is 0. The molecule has 2 fully saturated rings. The van der Waals surface area contributed by atoms with Gasteiger partial charge in [0.25, 0.3) is 0 Å². The molecule has 1 unspecified atom stereocenters. The molecule has 4 nitrogen and oxygen atoms in total. The van der Waals surface area contributed by atoms with Crippen molar-refractivity contribution in [1.82, 2.24) is 10.2 Å². The van der Waals surface area contributed by atoms with Crippen LogP contribution >= 0.6 is 0 Å². The summed E-state index contributed by atoms with van der Waals surface area (Å²) in [4.78, 5) is 13.8. The number of rotatable bonds is 0. The average Bonchev–Trinajstić information content (AvgIpc) is 2.59. The zero-order valence-corrected chi connectivity index (χ0v) is 12.1. The van der Waals surface area contributed by atoms with Gasteiger partial charge in [0.2, 0.25) is 0 Å². The van der Waals surface area contributed by atoms with Gasteiger partial charge in [-0.05, 0) is 52.5 Å². The first kappa shape index (κ1) is 13.7. The molecule has 4 heteroatoms. The summed E-state index contributed by atoms with van der Waals surface area (Å²) in [5.74, 6) is 0.721. The van der Waals surface area contributed by atoms with Crippen molar-refractivity contribution in [2.45, 2.75) is 58.1 Å². The second-order valence-corrected chi connectivity index (χ2v) is 6.74. The topological polar surface area (TPSA) is 41.6 Å². The van der Waals surface area contributed by atoms with Crippen LogP contribution in [0.1, 0.15) is 47.0 Å². The van der Waals surface area contributed by atoms with Crippen molar-refractivity contribution in [3.05, 3.63) is 0 Å². The van der Waals surface area contributed by atoms with Crippen LogP contribution in [0.5, 0.6) is 0 Å². The maximum atomic E-state index is 12.0. The average molecular weight is 254 g/mol. The number of hydrogen-bond acceptors (Lipinski definition) is 3. The molecule has 0 radical (unpaired) electrons. The third kappa shape index (κ3) is 2.79. The number of amides is 1. The lowest BCUT2D eigenvalue weighted by Gasteiger charge is -2.42. The lowest BCUT2D eigenvalue weighted by molar-refractivity contribution is 0.0134. The molecule has 0 bridgehead atoms. The van der Waals surface area contributed by atoms with Gasteiger partial charge in [-0.1, -0.05) is 6.92 Å². The first-order chi connectivity index (χ1) is 8.32. The number of likely N-dealkylation sites (tertiary alicyclic amines) is 1. The van der Waals surface area contributed by atoms with Gasteiger partial charge in [-0.15, -0.1) is 0 Å². The highest BCUT2D eigenvalue weighted by Gasteiger charge is 2.43. The molecule has 0 aromatic rings. The van der Waals surface area contributed by atoms with Crippen LogP contribution in [0.2, 0.25) is 0 Å². The number of hydrogen-bond donors (Lipinski definition) is 1. The Balaban J connectivity index is 1.89. The first-order valence-electron chi connectivity index (χ1n) is 7.05. The summed E-state index contributed by atoms with van der Waals surface area (Å²) in [6.07, 6.45) is 3.19. The molecule has 18 heavy (non-hydrogen) atoms. The summed E-state index contributed by atoms with van der Waals surface area (Å²) < 4.78 is 5.42. The number of ether oxygens (including phenoxy) is 1. The van der Waals surface area contributed by atoms with Crippen molar-refractivity contribution in [2.24, 2.45) is 5.92 Å². The van der Waals surface area contributed by atoms with Gasteiger partial charge in [-0.2, -0.15) is 0 Å². The Hall–Kier alpha value is -0.770. The molecule has 1 spiro atoms. The van der Waals surface area contributed by atoms with Crippen molar-refractivity contribution < 1.29 is 9.53 Å². The van der Waals surface area contributed by atoms with E-state index < -0.39 is 5.60 Å². The van der Waals surface area contributed by atoms with Crippen molar-refractivity contribution in [1.29, 1.82) is 0 Å². The van der Waals surface area contributed by atoms with Gasteiger partial charge in [-0.25, -0.2) is 4.79 Å². The molecule has 0 aromatic carbocycles. The zero-order valence-electron chi connectivity index (χ0n) is 12.1. The van der Waals surface area contributed by atoms with Crippen molar-refractivity contribution in [2.75, 3.05) is 19.6 Å². The van der Waals surface area contributed by atoms with Crippen LogP contribution in [0.4, 0.5) is 4.79 Å². The Bertz CT molecular complexity index is 314. The summed E-state index contributed by atoms with van der Waals surface area (Å²) in [6.45, 7) is 10.8. The lowest BCUT2D eigenvalue weighted by Crippen LogP contribution is -2.54. The molecule has 1 atom stereocenters. The largest absolute Gasteiger partial charge is 0.444 e. The van der Waals surface area contributed by atoms with Gasteiger partial charge < -0.3 is 15.0 Å². The Morgan fingerprint density at radius 3 is 2.39 bits per heavy atom. The SMILES string of the molecule is CC1CCNC12CCN(C(=O)OC(C)(C)C)CC2. The van der Waals surface area contributed by atoms with E-state index in [-0.39, 0.29) is 11.6 Å². The van der Waals surface area contributed by atoms with Crippen LogP contribution in [-0.2, 0) is 4.74 Å². The second kappa shape index (κ2) is 4.72. The first-order valence-corrected chi connectivity index (χ1v) is 7.05. The zero-order chi connectivity index (χ0) is 13.4. The van der Waals surface area contributed by atoms with Crippen LogP contribution in [0.3, 0.4) is 0 Å². The fourth-order valence-corrected chi connectivity index (χ4v) is 3.07. The third-order valence-corrected chi connectivity index (χ3v) is 4.31. The van der Waals surface area contributed by atoms with E-state index in [2.05, 4.69) is 12.2 Å². The number of carbonyl (C=O) groups excluding carboxylic acids is 1. The highest BCUT2D eigenvalue weighted by atomic mass is 16.6. The Morgan fingerprint density at radius 1 is 1.33 bits per heavy atom. The van der Waals surface area contributed by atoms with Crippen LogP contribution in [-0.4, -0.2) is 41.8 Å². The van der Waals surface area contributed by atoms with E-state index in [1.54, 1.807) is 0 Å². The fourth-order valence-electron chi connectivity index (χ4n) is 3.07. The fraction of sp³-hybridized carbons (Fsp3) is 0.929. The molecule has 2 heterocycles. The lowest BCUT2D eigenvalue weighted by atomic mass is 9.79. The van der Waals surface area contributed by atoms with E-state index in [9.17, 15) is 4.79 Å². The second-order valence-electron chi connectivity index (χ2n) is 6.74. The van der Waals surface area contributed by atoms with Gasteiger partial charge in [0.05, 0.1) is 0 Å². The number of nitrogens with one attached hydrogen (secondary N) is 1. The minimum absolute atomic E-state index is 0.164. The molecule has 0 aliphatic carbocycles. The Labute approximate surface area is 110 Å². The maximum Gasteiger partial charge on any atom is 0.410 e. The number of piperidine rings is 1. The van der Waals surface area contributed by atoms with E-state index in [1.807, 2.05) is 25.7 Å². The molecular formula is C14H26N2O2. The van der Waals surface area contributed by atoms with Gasteiger partial charge in [0.1, 0.15) is 5.60 Å². The summed E-state index contributed by atoms with van der Waals surface area (Å²) in [5, 5.41) is 3.65. The minimum atomic E-state index is -0.398. The van der Waals surface area contributed by atoms with Crippen molar-refractivity contribution in [3.8, 4) is 0 Å². The third-order valence-electron chi connectivity index (χ3n) is 4.31. The smallest absolute Gasteiger partial charge is 0.410 e.